The fraction of sp³-hybridized carbons (Fsp3) is 0.154. The Balaban J connectivity index is 1.99. The molecule has 1 N–H and O–H groups in total. The van der Waals surface area contributed by atoms with E-state index in [-0.39, 0.29) is 0 Å². The molecular formula is C13H13IN2O. The van der Waals surface area contributed by atoms with E-state index < -0.39 is 0 Å². The summed E-state index contributed by atoms with van der Waals surface area (Å²) in [6.07, 6.45) is 0. The van der Waals surface area contributed by atoms with Crippen LogP contribution in [0, 0.1) is 3.57 Å². The van der Waals surface area contributed by atoms with Crippen molar-refractivity contribution in [3.8, 4) is 5.75 Å². The van der Waals surface area contributed by atoms with Crippen LogP contribution in [-0.4, -0.2) is 12.0 Å². The van der Waals surface area contributed by atoms with Gasteiger partial charge in [0.25, 0.3) is 0 Å². The van der Waals surface area contributed by atoms with Gasteiger partial charge in [0.1, 0.15) is 18.2 Å². The molecule has 0 saturated carbocycles. The number of pyridine rings is 1. The van der Waals surface area contributed by atoms with Crippen molar-refractivity contribution in [3.63, 3.8) is 0 Å². The summed E-state index contributed by atoms with van der Waals surface area (Å²) in [7, 11) is 1.85. The smallest absolute Gasteiger partial charge is 0.130 e. The molecule has 17 heavy (non-hydrogen) atoms. The fourth-order valence-corrected chi connectivity index (χ4v) is 1.75. The molecule has 0 spiro atoms. The second-order valence-corrected chi connectivity index (χ2v) is 4.75. The molecule has 3 nitrogen and oxygen atoms in total. The molecule has 0 fully saturated rings. The van der Waals surface area contributed by atoms with E-state index in [1.54, 1.807) is 0 Å². The van der Waals surface area contributed by atoms with Crippen LogP contribution >= 0.6 is 22.6 Å². The number of benzene rings is 1. The first-order chi connectivity index (χ1) is 8.28. The molecule has 1 heterocycles. The molecule has 0 bridgehead atoms. The molecule has 0 radical (unpaired) electrons. The molecule has 88 valence electrons. The Bertz CT molecular complexity index is 485. The zero-order valence-corrected chi connectivity index (χ0v) is 11.6. The van der Waals surface area contributed by atoms with Gasteiger partial charge in [-0.15, -0.1) is 0 Å². The van der Waals surface area contributed by atoms with E-state index >= 15 is 0 Å². The zero-order valence-electron chi connectivity index (χ0n) is 9.48. The van der Waals surface area contributed by atoms with Gasteiger partial charge in [-0.05, 0) is 59.0 Å². The van der Waals surface area contributed by atoms with Gasteiger partial charge in [-0.2, -0.15) is 0 Å². The Morgan fingerprint density at radius 1 is 1.18 bits per heavy atom. The first-order valence-corrected chi connectivity index (χ1v) is 6.38. The fourth-order valence-electron chi connectivity index (χ4n) is 1.39. The maximum absolute atomic E-state index is 5.65. The highest BCUT2D eigenvalue weighted by Crippen LogP contribution is 2.15. The summed E-state index contributed by atoms with van der Waals surface area (Å²) in [5.74, 6) is 1.72. The summed E-state index contributed by atoms with van der Waals surface area (Å²) in [5.41, 5.74) is 0.912. The normalized spacial score (nSPS) is 10.0. The minimum Gasteiger partial charge on any atom is -0.487 e. The van der Waals surface area contributed by atoms with Crippen LogP contribution in [0.3, 0.4) is 0 Å². The van der Waals surface area contributed by atoms with E-state index in [1.807, 2.05) is 49.5 Å². The maximum Gasteiger partial charge on any atom is 0.130 e. The van der Waals surface area contributed by atoms with E-state index in [2.05, 4.69) is 32.9 Å². The lowest BCUT2D eigenvalue weighted by molar-refractivity contribution is 0.301. The lowest BCUT2D eigenvalue weighted by Crippen LogP contribution is -2.00. The summed E-state index contributed by atoms with van der Waals surface area (Å²) in [4.78, 5) is 4.39. The van der Waals surface area contributed by atoms with Crippen LogP contribution in [0.5, 0.6) is 5.75 Å². The Morgan fingerprint density at radius 3 is 2.65 bits per heavy atom. The van der Waals surface area contributed by atoms with Crippen molar-refractivity contribution in [2.45, 2.75) is 6.61 Å². The Hall–Kier alpha value is -1.30. The molecule has 0 aliphatic carbocycles. The predicted octanol–water partition coefficient (Wildman–Crippen LogP) is 3.31. The molecule has 0 unspecified atom stereocenters. The molecule has 2 aromatic rings. The number of hydrogen-bond donors (Lipinski definition) is 1. The lowest BCUT2D eigenvalue weighted by Gasteiger charge is -2.07. The molecule has 1 aromatic carbocycles. The van der Waals surface area contributed by atoms with E-state index in [1.165, 1.54) is 3.57 Å². The minimum atomic E-state index is 0.482. The van der Waals surface area contributed by atoms with E-state index in [9.17, 15) is 0 Å². The summed E-state index contributed by atoms with van der Waals surface area (Å²) in [6, 6.07) is 13.8. The number of nitrogens with one attached hydrogen (secondary N) is 1. The van der Waals surface area contributed by atoms with Gasteiger partial charge in [-0.1, -0.05) is 6.07 Å². The van der Waals surface area contributed by atoms with E-state index in [0.717, 1.165) is 17.3 Å². The second-order valence-electron chi connectivity index (χ2n) is 3.51. The minimum absolute atomic E-state index is 0.482. The first-order valence-electron chi connectivity index (χ1n) is 5.30. The van der Waals surface area contributed by atoms with Crippen LogP contribution in [-0.2, 0) is 6.61 Å². The van der Waals surface area contributed by atoms with Gasteiger partial charge in [0, 0.05) is 10.6 Å². The lowest BCUT2D eigenvalue weighted by atomic mass is 10.3. The standard InChI is InChI=1S/C13H13IN2O/c1-15-13-4-2-3-11(16-13)9-17-12-7-5-10(14)6-8-12/h2-8H,9H2,1H3,(H,15,16). The predicted molar refractivity (Wildman–Crippen MR) is 77.3 cm³/mol. The van der Waals surface area contributed by atoms with Gasteiger partial charge in [0.05, 0.1) is 5.69 Å². The quantitative estimate of drug-likeness (QED) is 0.868. The Morgan fingerprint density at radius 2 is 1.94 bits per heavy atom. The van der Waals surface area contributed by atoms with Gasteiger partial charge in [-0.25, -0.2) is 4.98 Å². The van der Waals surface area contributed by atoms with Crippen LogP contribution < -0.4 is 10.1 Å². The average molecular weight is 340 g/mol. The average Bonchev–Trinajstić information content (AvgIpc) is 2.38. The number of aromatic nitrogens is 1. The number of rotatable bonds is 4. The van der Waals surface area contributed by atoms with Crippen LogP contribution in [0.4, 0.5) is 5.82 Å². The molecule has 0 saturated heterocycles. The van der Waals surface area contributed by atoms with Crippen molar-refractivity contribution in [1.29, 1.82) is 0 Å². The topological polar surface area (TPSA) is 34.1 Å². The van der Waals surface area contributed by atoms with Crippen LogP contribution in [0.15, 0.2) is 42.5 Å². The highest BCUT2D eigenvalue weighted by Gasteiger charge is 1.98. The molecule has 0 aliphatic rings. The number of anilines is 1. The van der Waals surface area contributed by atoms with Gasteiger partial charge < -0.3 is 10.1 Å². The monoisotopic (exact) mass is 340 g/mol. The third-order valence-electron chi connectivity index (χ3n) is 2.26. The molecule has 0 atom stereocenters. The molecule has 1 aromatic heterocycles. The van der Waals surface area contributed by atoms with Gasteiger partial charge in [-0.3, -0.25) is 0 Å². The number of ether oxygens (including phenoxy) is 1. The van der Waals surface area contributed by atoms with Crippen molar-refractivity contribution in [2.24, 2.45) is 0 Å². The SMILES string of the molecule is CNc1cccc(COc2ccc(I)cc2)n1. The van der Waals surface area contributed by atoms with Crippen molar-refractivity contribution in [1.82, 2.24) is 4.98 Å². The Labute approximate surface area is 114 Å². The first kappa shape index (κ1) is 12.2. The third-order valence-corrected chi connectivity index (χ3v) is 2.98. The molecule has 0 aliphatic heterocycles. The molecule has 2 rings (SSSR count). The van der Waals surface area contributed by atoms with Gasteiger partial charge in [0.15, 0.2) is 0 Å². The van der Waals surface area contributed by atoms with Crippen molar-refractivity contribution < 1.29 is 4.74 Å². The number of nitrogens with zero attached hydrogens (tertiary/aromatic N) is 1. The summed E-state index contributed by atoms with van der Waals surface area (Å²) >= 11 is 2.27. The summed E-state index contributed by atoms with van der Waals surface area (Å²) < 4.78 is 6.85. The van der Waals surface area contributed by atoms with Crippen LogP contribution in [0.2, 0.25) is 0 Å². The van der Waals surface area contributed by atoms with E-state index in [0.29, 0.717) is 6.61 Å². The van der Waals surface area contributed by atoms with Crippen LogP contribution in [0.25, 0.3) is 0 Å². The molecular weight excluding hydrogens is 327 g/mol. The zero-order chi connectivity index (χ0) is 12.1. The maximum atomic E-state index is 5.65. The van der Waals surface area contributed by atoms with Gasteiger partial charge >= 0.3 is 0 Å². The van der Waals surface area contributed by atoms with Gasteiger partial charge in [0.2, 0.25) is 0 Å². The number of halogens is 1. The number of hydrogen-bond acceptors (Lipinski definition) is 3. The van der Waals surface area contributed by atoms with E-state index in [4.69, 9.17) is 4.74 Å². The molecule has 4 heteroatoms. The summed E-state index contributed by atoms with van der Waals surface area (Å²) in [6.45, 7) is 0.482. The third kappa shape index (κ3) is 3.59. The van der Waals surface area contributed by atoms with Crippen molar-refractivity contribution in [3.05, 3.63) is 51.7 Å². The highest BCUT2D eigenvalue weighted by atomic mass is 127. The second kappa shape index (κ2) is 5.86. The van der Waals surface area contributed by atoms with Crippen LogP contribution in [0.1, 0.15) is 5.69 Å². The largest absolute Gasteiger partial charge is 0.487 e. The Kier molecular flexibility index (Phi) is 4.19. The highest BCUT2D eigenvalue weighted by molar-refractivity contribution is 14.1. The summed E-state index contributed by atoms with van der Waals surface area (Å²) in [5, 5.41) is 3.01. The van der Waals surface area contributed by atoms with Crippen molar-refractivity contribution in [2.75, 3.05) is 12.4 Å². The van der Waals surface area contributed by atoms with Crippen molar-refractivity contribution >= 4 is 28.4 Å². The molecule has 0 amide bonds.